The van der Waals surface area contributed by atoms with E-state index in [0.717, 1.165) is 81.1 Å². The first-order valence-corrected chi connectivity index (χ1v) is 14.4. The molecule has 0 spiro atoms. The lowest BCUT2D eigenvalue weighted by Crippen LogP contribution is -2.52. The number of fused-ring (bicyclic) bond motifs is 5. The number of hydrogen-bond acceptors (Lipinski definition) is 4. The molecule has 4 aliphatic carbocycles. The van der Waals surface area contributed by atoms with Crippen LogP contribution in [-0.2, 0) is 4.74 Å². The molecule has 0 bridgehead atoms. The minimum Gasteiger partial charge on any atom is -0.390 e. The molecule has 6 aliphatic rings. The maximum absolute atomic E-state index is 11.9. The Kier molecular flexibility index (Phi) is 5.97. The monoisotopic (exact) mass is 473 g/mol. The van der Waals surface area contributed by atoms with Gasteiger partial charge < -0.3 is 20.1 Å². The molecule has 0 aromatic rings. The fourth-order valence-electron chi connectivity index (χ4n) is 9.87. The van der Waals surface area contributed by atoms with E-state index in [1.807, 2.05) is 4.90 Å². The van der Waals surface area contributed by atoms with E-state index >= 15 is 0 Å². The Bertz CT molecular complexity index is 781. The molecule has 6 fully saturated rings. The van der Waals surface area contributed by atoms with Crippen molar-refractivity contribution < 1.29 is 14.6 Å². The van der Waals surface area contributed by atoms with Crippen LogP contribution in [0.1, 0.15) is 71.6 Å². The number of rotatable bonds is 3. The van der Waals surface area contributed by atoms with E-state index in [9.17, 15) is 9.90 Å². The number of ether oxygens (including phenoxy) is 1. The van der Waals surface area contributed by atoms with Crippen LogP contribution in [0.2, 0.25) is 0 Å². The summed E-state index contributed by atoms with van der Waals surface area (Å²) >= 11 is 0. The third-order valence-electron chi connectivity index (χ3n) is 11.6. The summed E-state index contributed by atoms with van der Waals surface area (Å²) < 4.78 is 6.40. The van der Waals surface area contributed by atoms with Gasteiger partial charge in [0, 0.05) is 39.8 Å². The van der Waals surface area contributed by atoms with Gasteiger partial charge in [-0.15, -0.1) is 0 Å². The van der Waals surface area contributed by atoms with Crippen LogP contribution in [0.4, 0.5) is 4.79 Å². The number of aliphatic hydroxyl groups is 1. The van der Waals surface area contributed by atoms with Crippen molar-refractivity contribution in [1.82, 2.24) is 15.1 Å². The van der Waals surface area contributed by atoms with Crippen molar-refractivity contribution in [2.75, 3.05) is 39.8 Å². The summed E-state index contributed by atoms with van der Waals surface area (Å²) in [5.74, 6) is 5.11. The molecule has 6 heteroatoms. The number of hydrogen-bond donors (Lipinski definition) is 2. The molecule has 6 nitrogen and oxygen atoms in total. The summed E-state index contributed by atoms with van der Waals surface area (Å²) in [4.78, 5) is 16.3. The molecule has 2 aliphatic heterocycles. The zero-order valence-corrected chi connectivity index (χ0v) is 21.7. The Balaban J connectivity index is 1.05. The van der Waals surface area contributed by atoms with Crippen LogP contribution in [0.25, 0.3) is 0 Å². The highest BCUT2D eigenvalue weighted by Crippen LogP contribution is 2.66. The molecule has 2 heterocycles. The van der Waals surface area contributed by atoms with Crippen molar-refractivity contribution in [3.05, 3.63) is 0 Å². The predicted molar refractivity (Wildman–Crippen MR) is 132 cm³/mol. The molecular formula is C28H47N3O3. The van der Waals surface area contributed by atoms with E-state index in [-0.39, 0.29) is 6.03 Å². The number of urea groups is 1. The van der Waals surface area contributed by atoms with Gasteiger partial charge in [-0.1, -0.05) is 6.92 Å². The average molecular weight is 474 g/mol. The summed E-state index contributed by atoms with van der Waals surface area (Å²) in [6, 6.07) is 0.0494. The van der Waals surface area contributed by atoms with Gasteiger partial charge in [-0.2, -0.15) is 0 Å². The second kappa shape index (κ2) is 8.62. The summed E-state index contributed by atoms with van der Waals surface area (Å²) in [6.07, 6.45) is 12.5. The zero-order chi connectivity index (χ0) is 23.7. The van der Waals surface area contributed by atoms with Gasteiger partial charge >= 0.3 is 6.03 Å². The number of nitrogens with one attached hydrogen (secondary N) is 1. The average Bonchev–Trinajstić information content (AvgIpc) is 3.48. The van der Waals surface area contributed by atoms with Crippen LogP contribution < -0.4 is 5.32 Å². The molecule has 6 rings (SSSR count). The molecule has 34 heavy (non-hydrogen) atoms. The smallest absolute Gasteiger partial charge is 0.317 e. The van der Waals surface area contributed by atoms with Crippen LogP contribution >= 0.6 is 0 Å². The first-order chi connectivity index (χ1) is 16.3. The van der Waals surface area contributed by atoms with E-state index in [0.29, 0.717) is 17.6 Å². The number of carbonyl (C=O) groups is 1. The fraction of sp³-hybridized carbons (Fsp3) is 0.964. The number of amides is 2. The van der Waals surface area contributed by atoms with Crippen LogP contribution in [0.5, 0.6) is 0 Å². The Morgan fingerprint density at radius 3 is 2.44 bits per heavy atom. The summed E-state index contributed by atoms with van der Waals surface area (Å²) in [7, 11) is 1.71. The van der Waals surface area contributed by atoms with Crippen LogP contribution in [0, 0.1) is 40.9 Å². The number of epoxide rings is 1. The lowest BCUT2D eigenvalue weighted by molar-refractivity contribution is -0.101. The minimum atomic E-state index is -0.414. The first-order valence-electron chi connectivity index (χ1n) is 14.4. The molecule has 4 saturated carbocycles. The molecule has 2 saturated heterocycles. The van der Waals surface area contributed by atoms with Crippen molar-refractivity contribution in [1.29, 1.82) is 0 Å². The maximum atomic E-state index is 11.9. The van der Waals surface area contributed by atoms with E-state index in [4.69, 9.17) is 4.74 Å². The Morgan fingerprint density at radius 2 is 1.68 bits per heavy atom. The SMILES string of the molecule is CNC(=O)N1CCN(CC2OC2C2CCC3C4CCC5CC(C)(O)CCC5C4CCC32C)CC1. The highest BCUT2D eigenvalue weighted by Gasteiger charge is 2.62. The van der Waals surface area contributed by atoms with E-state index in [2.05, 4.69) is 24.1 Å². The van der Waals surface area contributed by atoms with Crippen molar-refractivity contribution in [3.63, 3.8) is 0 Å². The number of nitrogens with zero attached hydrogens (tertiary/aromatic N) is 2. The highest BCUT2D eigenvalue weighted by molar-refractivity contribution is 5.73. The molecule has 10 unspecified atom stereocenters. The molecule has 0 aromatic heterocycles. The lowest BCUT2D eigenvalue weighted by atomic mass is 9.49. The number of piperazine rings is 1. The second-order valence-corrected chi connectivity index (χ2v) is 13.4. The maximum Gasteiger partial charge on any atom is 0.317 e. The molecule has 0 radical (unpaired) electrons. The normalized spacial score (nSPS) is 50.8. The quantitative estimate of drug-likeness (QED) is 0.613. The third kappa shape index (κ3) is 4.00. The van der Waals surface area contributed by atoms with Gasteiger partial charge in [-0.25, -0.2) is 4.79 Å². The van der Waals surface area contributed by atoms with Gasteiger partial charge in [-0.05, 0) is 106 Å². The number of carbonyl (C=O) groups excluding carboxylic acids is 1. The van der Waals surface area contributed by atoms with Crippen molar-refractivity contribution in [2.24, 2.45) is 40.9 Å². The van der Waals surface area contributed by atoms with Crippen molar-refractivity contribution >= 4 is 6.03 Å². The molecule has 2 amide bonds. The van der Waals surface area contributed by atoms with Gasteiger partial charge in [-0.3, -0.25) is 4.90 Å². The van der Waals surface area contributed by atoms with Crippen LogP contribution in [0.3, 0.4) is 0 Å². The van der Waals surface area contributed by atoms with Gasteiger partial charge in [0.05, 0.1) is 17.8 Å². The largest absolute Gasteiger partial charge is 0.390 e. The standard InChI is InChI=1S/C28H47N3O3/c1-27(33)10-8-19-18(16-27)4-5-21-20(19)9-11-28(2)22(21)6-7-23(28)25-24(34-25)17-30-12-14-31(15-13-30)26(32)29-3/h18-25,33H,4-17H2,1-3H3,(H,29,32). The zero-order valence-electron chi connectivity index (χ0n) is 21.7. The molecule has 192 valence electrons. The van der Waals surface area contributed by atoms with Crippen molar-refractivity contribution in [3.8, 4) is 0 Å². The third-order valence-corrected chi connectivity index (χ3v) is 11.6. The first kappa shape index (κ1) is 23.5. The van der Waals surface area contributed by atoms with Crippen molar-refractivity contribution in [2.45, 2.75) is 89.4 Å². The Labute approximate surface area is 206 Å². The minimum absolute atomic E-state index is 0.0494. The van der Waals surface area contributed by atoms with Gasteiger partial charge in [0.1, 0.15) is 0 Å². The van der Waals surface area contributed by atoms with E-state index in [1.54, 1.807) is 7.05 Å². The highest BCUT2D eigenvalue weighted by atomic mass is 16.6. The predicted octanol–water partition coefficient (Wildman–Crippen LogP) is 3.73. The summed E-state index contributed by atoms with van der Waals surface area (Å²) in [5.41, 5.74) is 0.0501. The Morgan fingerprint density at radius 1 is 0.941 bits per heavy atom. The van der Waals surface area contributed by atoms with Crippen LogP contribution in [0.15, 0.2) is 0 Å². The topological polar surface area (TPSA) is 68.3 Å². The summed E-state index contributed by atoms with van der Waals surface area (Å²) in [5, 5.41) is 13.4. The second-order valence-electron chi connectivity index (χ2n) is 13.4. The fourth-order valence-corrected chi connectivity index (χ4v) is 9.87. The lowest BCUT2D eigenvalue weighted by Gasteiger charge is -2.57. The molecular weight excluding hydrogens is 426 g/mol. The van der Waals surface area contributed by atoms with Gasteiger partial charge in [0.2, 0.25) is 0 Å². The van der Waals surface area contributed by atoms with Gasteiger partial charge in [0.25, 0.3) is 0 Å². The van der Waals surface area contributed by atoms with Gasteiger partial charge in [0.15, 0.2) is 0 Å². The molecule has 0 aromatic carbocycles. The molecule has 2 N–H and O–H groups in total. The Hall–Kier alpha value is -0.850. The van der Waals surface area contributed by atoms with E-state index < -0.39 is 5.60 Å². The molecule has 10 atom stereocenters. The summed E-state index contributed by atoms with van der Waals surface area (Å²) in [6.45, 7) is 9.31. The van der Waals surface area contributed by atoms with Crippen LogP contribution in [-0.4, -0.2) is 78.5 Å². The van der Waals surface area contributed by atoms with E-state index in [1.165, 1.54) is 44.9 Å².